The number of hydrogen-bond donors (Lipinski definition) is 2. The van der Waals surface area contributed by atoms with Crippen molar-refractivity contribution in [3.63, 3.8) is 0 Å². The number of carboxylic acid groups (broad SMARTS) is 1. The standard InChI is InChI=1S/C16H23N3O3S/c1-5-6-7-11(16(21)22)17-14(20)12-8-10-13(9(2)3)18-19(4)15(10)23-12/h8-9,11H,5-7H2,1-4H3,(H,17,20)(H,21,22). The van der Waals surface area contributed by atoms with Gasteiger partial charge in [-0.15, -0.1) is 11.3 Å². The molecule has 2 rings (SSSR count). The van der Waals surface area contributed by atoms with E-state index < -0.39 is 12.0 Å². The molecule has 0 saturated heterocycles. The van der Waals surface area contributed by atoms with E-state index in [1.54, 1.807) is 4.68 Å². The fourth-order valence-electron chi connectivity index (χ4n) is 2.50. The summed E-state index contributed by atoms with van der Waals surface area (Å²) in [5.74, 6) is -1.05. The molecule has 2 N–H and O–H groups in total. The van der Waals surface area contributed by atoms with Crippen LogP contribution in [0.1, 0.15) is 61.3 Å². The molecule has 1 unspecified atom stereocenters. The Morgan fingerprint density at radius 3 is 2.70 bits per heavy atom. The second-order valence-corrected chi connectivity index (χ2v) is 7.03. The second kappa shape index (κ2) is 7.12. The van der Waals surface area contributed by atoms with Gasteiger partial charge in [-0.2, -0.15) is 5.10 Å². The topological polar surface area (TPSA) is 84.2 Å². The molecule has 0 aromatic carbocycles. The van der Waals surface area contributed by atoms with Crippen molar-refractivity contribution in [1.82, 2.24) is 15.1 Å². The Morgan fingerprint density at radius 1 is 1.43 bits per heavy atom. The number of carbonyl (C=O) groups excluding carboxylic acids is 1. The van der Waals surface area contributed by atoms with Crippen LogP contribution in [0.2, 0.25) is 0 Å². The quantitative estimate of drug-likeness (QED) is 0.813. The number of aliphatic carboxylic acids is 1. The van der Waals surface area contributed by atoms with Crippen molar-refractivity contribution in [2.45, 2.75) is 52.0 Å². The van der Waals surface area contributed by atoms with Crippen LogP contribution >= 0.6 is 11.3 Å². The fraction of sp³-hybridized carbons (Fsp3) is 0.562. The minimum absolute atomic E-state index is 0.264. The molecule has 126 valence electrons. The van der Waals surface area contributed by atoms with E-state index in [1.807, 2.05) is 20.0 Å². The molecule has 2 aromatic heterocycles. The molecular formula is C16H23N3O3S. The number of unbranched alkanes of at least 4 members (excludes halogenated alkanes) is 1. The van der Waals surface area contributed by atoms with Crippen LogP contribution in [0.5, 0.6) is 0 Å². The summed E-state index contributed by atoms with van der Waals surface area (Å²) in [6, 6.07) is 0.978. The number of hydrogen-bond acceptors (Lipinski definition) is 4. The number of nitrogens with one attached hydrogen (secondary N) is 1. The van der Waals surface area contributed by atoms with E-state index in [9.17, 15) is 14.7 Å². The second-order valence-electron chi connectivity index (χ2n) is 6.00. The van der Waals surface area contributed by atoms with E-state index in [1.165, 1.54) is 11.3 Å². The van der Waals surface area contributed by atoms with Crippen LogP contribution in [0.4, 0.5) is 0 Å². The van der Waals surface area contributed by atoms with Crippen LogP contribution in [0.15, 0.2) is 6.07 Å². The molecule has 0 aliphatic rings. The average molecular weight is 337 g/mol. The normalized spacial score (nSPS) is 12.7. The number of carboxylic acids is 1. The van der Waals surface area contributed by atoms with Gasteiger partial charge in [0, 0.05) is 12.4 Å². The van der Waals surface area contributed by atoms with Crippen molar-refractivity contribution in [1.29, 1.82) is 0 Å². The zero-order chi connectivity index (χ0) is 17.1. The molecule has 0 aliphatic heterocycles. The first-order valence-corrected chi connectivity index (χ1v) is 8.66. The third kappa shape index (κ3) is 3.72. The average Bonchev–Trinajstić information content (AvgIpc) is 3.03. The van der Waals surface area contributed by atoms with Gasteiger partial charge in [-0.25, -0.2) is 4.79 Å². The molecule has 0 saturated carbocycles. The van der Waals surface area contributed by atoms with Crippen LogP contribution in [-0.2, 0) is 11.8 Å². The van der Waals surface area contributed by atoms with Crippen LogP contribution in [0, 0.1) is 0 Å². The van der Waals surface area contributed by atoms with E-state index in [0.29, 0.717) is 11.3 Å². The zero-order valence-electron chi connectivity index (χ0n) is 13.9. The predicted octanol–water partition coefficient (Wildman–Crippen LogP) is 3.13. The van der Waals surface area contributed by atoms with Gasteiger partial charge in [-0.05, 0) is 18.4 Å². The molecule has 0 fully saturated rings. The van der Waals surface area contributed by atoms with Crippen molar-refractivity contribution < 1.29 is 14.7 Å². The van der Waals surface area contributed by atoms with E-state index in [-0.39, 0.29) is 11.8 Å². The van der Waals surface area contributed by atoms with Gasteiger partial charge in [-0.1, -0.05) is 33.6 Å². The molecule has 1 atom stereocenters. The highest BCUT2D eigenvalue weighted by Gasteiger charge is 2.23. The van der Waals surface area contributed by atoms with E-state index in [2.05, 4.69) is 24.3 Å². The Morgan fingerprint density at radius 2 is 2.13 bits per heavy atom. The van der Waals surface area contributed by atoms with Crippen LogP contribution in [0.25, 0.3) is 10.2 Å². The Balaban J connectivity index is 2.23. The van der Waals surface area contributed by atoms with Crippen LogP contribution in [-0.4, -0.2) is 32.8 Å². The number of carbonyl (C=O) groups is 2. The van der Waals surface area contributed by atoms with E-state index in [4.69, 9.17) is 0 Å². The summed E-state index contributed by atoms with van der Waals surface area (Å²) < 4.78 is 1.78. The summed E-state index contributed by atoms with van der Waals surface area (Å²) in [5.41, 5.74) is 0.957. The molecule has 6 nitrogen and oxygen atoms in total. The summed E-state index contributed by atoms with van der Waals surface area (Å²) in [6.07, 6.45) is 2.11. The fourth-order valence-corrected chi connectivity index (χ4v) is 3.48. The number of aryl methyl sites for hydroxylation is 1. The lowest BCUT2D eigenvalue weighted by atomic mass is 10.1. The molecule has 23 heavy (non-hydrogen) atoms. The molecule has 2 aromatic rings. The summed E-state index contributed by atoms with van der Waals surface area (Å²) in [4.78, 5) is 25.1. The first kappa shape index (κ1) is 17.5. The Kier molecular flexibility index (Phi) is 5.41. The van der Waals surface area contributed by atoms with Gasteiger partial charge in [0.1, 0.15) is 10.9 Å². The molecule has 0 radical (unpaired) electrons. The number of rotatable bonds is 7. The monoisotopic (exact) mass is 337 g/mol. The van der Waals surface area contributed by atoms with Crippen molar-refractivity contribution >= 4 is 33.4 Å². The van der Waals surface area contributed by atoms with Gasteiger partial charge in [0.25, 0.3) is 5.91 Å². The van der Waals surface area contributed by atoms with Crippen molar-refractivity contribution in [3.8, 4) is 0 Å². The summed E-state index contributed by atoms with van der Waals surface area (Å²) in [7, 11) is 1.85. The van der Waals surface area contributed by atoms with E-state index >= 15 is 0 Å². The van der Waals surface area contributed by atoms with Crippen LogP contribution < -0.4 is 5.32 Å². The third-order valence-corrected chi connectivity index (χ3v) is 4.96. The number of amides is 1. The smallest absolute Gasteiger partial charge is 0.326 e. The van der Waals surface area contributed by atoms with Crippen molar-refractivity contribution in [2.24, 2.45) is 7.05 Å². The molecule has 2 heterocycles. The SMILES string of the molecule is CCCCC(NC(=O)c1cc2c(C(C)C)nn(C)c2s1)C(=O)O. The highest BCUT2D eigenvalue weighted by atomic mass is 32.1. The van der Waals surface area contributed by atoms with Crippen molar-refractivity contribution in [3.05, 3.63) is 16.6 Å². The summed E-state index contributed by atoms with van der Waals surface area (Å²) in [5, 5.41) is 17.3. The Bertz CT molecular complexity index is 718. The highest BCUT2D eigenvalue weighted by Crippen LogP contribution is 2.31. The van der Waals surface area contributed by atoms with Gasteiger partial charge in [-0.3, -0.25) is 9.48 Å². The number of aromatic nitrogens is 2. The lowest BCUT2D eigenvalue weighted by Gasteiger charge is -2.13. The Hall–Kier alpha value is -1.89. The minimum Gasteiger partial charge on any atom is -0.480 e. The molecular weight excluding hydrogens is 314 g/mol. The number of fused-ring (bicyclic) bond motifs is 1. The molecule has 0 spiro atoms. The molecule has 0 aliphatic carbocycles. The van der Waals surface area contributed by atoms with Crippen LogP contribution in [0.3, 0.4) is 0 Å². The number of thiophene rings is 1. The van der Waals surface area contributed by atoms with Gasteiger partial charge >= 0.3 is 5.97 Å². The van der Waals surface area contributed by atoms with Crippen molar-refractivity contribution in [2.75, 3.05) is 0 Å². The molecule has 0 bridgehead atoms. The molecule has 7 heteroatoms. The zero-order valence-corrected chi connectivity index (χ0v) is 14.7. The Labute approximate surface area is 139 Å². The lowest BCUT2D eigenvalue weighted by molar-refractivity contribution is -0.139. The first-order chi connectivity index (χ1) is 10.8. The van der Waals surface area contributed by atoms with Gasteiger partial charge in [0.2, 0.25) is 0 Å². The molecule has 1 amide bonds. The van der Waals surface area contributed by atoms with Gasteiger partial charge in [0.15, 0.2) is 0 Å². The third-order valence-electron chi connectivity index (χ3n) is 3.76. The predicted molar refractivity (Wildman–Crippen MR) is 91.1 cm³/mol. The maximum absolute atomic E-state index is 12.4. The summed E-state index contributed by atoms with van der Waals surface area (Å²) in [6.45, 7) is 6.11. The lowest BCUT2D eigenvalue weighted by Crippen LogP contribution is -2.40. The highest BCUT2D eigenvalue weighted by molar-refractivity contribution is 7.20. The maximum atomic E-state index is 12.4. The number of nitrogens with zero attached hydrogens (tertiary/aromatic N) is 2. The summed E-state index contributed by atoms with van der Waals surface area (Å²) >= 11 is 1.34. The van der Waals surface area contributed by atoms with Gasteiger partial charge in [0.05, 0.1) is 10.6 Å². The van der Waals surface area contributed by atoms with Gasteiger partial charge < -0.3 is 10.4 Å². The van der Waals surface area contributed by atoms with E-state index in [0.717, 1.165) is 28.8 Å². The maximum Gasteiger partial charge on any atom is 0.326 e. The minimum atomic E-state index is -0.988. The largest absolute Gasteiger partial charge is 0.480 e. The first-order valence-electron chi connectivity index (χ1n) is 7.85.